The fraction of sp³-hybridized carbons (Fsp3) is 0.375. The van der Waals surface area contributed by atoms with E-state index in [0.717, 1.165) is 25.3 Å². The third-order valence-corrected chi connectivity index (χ3v) is 7.66. The number of aliphatic hydroxyl groups excluding tert-OH is 2. The van der Waals surface area contributed by atoms with Crippen molar-refractivity contribution in [3.63, 3.8) is 0 Å². The molecule has 3 aromatic rings. The Morgan fingerprint density at radius 2 is 1.40 bits per heavy atom. The number of likely N-dealkylation sites (tertiary alicyclic amines) is 1. The maximum absolute atomic E-state index is 9.77. The van der Waals surface area contributed by atoms with Crippen molar-refractivity contribution in [1.29, 1.82) is 0 Å². The molecule has 0 unspecified atom stereocenters. The lowest BCUT2D eigenvalue weighted by atomic mass is 9.69. The maximum atomic E-state index is 9.77. The lowest BCUT2D eigenvalue weighted by Crippen LogP contribution is -2.39. The van der Waals surface area contributed by atoms with E-state index in [0.29, 0.717) is 11.8 Å². The van der Waals surface area contributed by atoms with Gasteiger partial charge in [0.05, 0.1) is 0 Å². The summed E-state index contributed by atoms with van der Waals surface area (Å²) >= 11 is 0. The zero-order valence-electron chi connectivity index (χ0n) is 22.4. The van der Waals surface area contributed by atoms with Crippen molar-refractivity contribution in [2.75, 3.05) is 26.2 Å². The largest absolute Gasteiger partial charge is 0.492 e. The first-order valence-electron chi connectivity index (χ1n) is 13.7. The Morgan fingerprint density at radius 3 is 2.02 bits per heavy atom. The number of hydrogen-bond acceptors (Lipinski definition) is 6. The number of benzene rings is 3. The zero-order valence-corrected chi connectivity index (χ0v) is 22.4. The minimum atomic E-state index is -2.27. The molecule has 2 aliphatic rings. The van der Waals surface area contributed by atoms with Crippen molar-refractivity contribution in [3.05, 3.63) is 101 Å². The van der Waals surface area contributed by atoms with E-state index < -0.39 is 24.1 Å². The van der Waals surface area contributed by atoms with Gasteiger partial charge < -0.3 is 25.2 Å². The number of carbonyl (C=O) groups is 2. The van der Waals surface area contributed by atoms with Crippen molar-refractivity contribution in [2.45, 2.75) is 49.7 Å². The molecule has 40 heavy (non-hydrogen) atoms. The summed E-state index contributed by atoms with van der Waals surface area (Å²) in [6.45, 7) is 4.26. The first-order chi connectivity index (χ1) is 19.3. The molecule has 1 aliphatic heterocycles. The topological polar surface area (TPSA) is 128 Å². The van der Waals surface area contributed by atoms with Crippen molar-refractivity contribution in [3.8, 4) is 5.75 Å². The summed E-state index contributed by atoms with van der Waals surface area (Å²) < 4.78 is 6.05. The summed E-state index contributed by atoms with van der Waals surface area (Å²) in [6.07, 6.45) is 0.485. The van der Waals surface area contributed by atoms with Crippen LogP contribution in [0.25, 0.3) is 0 Å². The Balaban J connectivity index is 0.000000318. The second kappa shape index (κ2) is 14.1. The van der Waals surface area contributed by atoms with E-state index in [1.165, 1.54) is 54.6 Å². The molecule has 1 aliphatic carbocycles. The minimum Gasteiger partial charge on any atom is -0.492 e. The molecule has 3 aromatic carbocycles. The van der Waals surface area contributed by atoms with Crippen LogP contribution in [0.2, 0.25) is 0 Å². The predicted molar refractivity (Wildman–Crippen MR) is 151 cm³/mol. The van der Waals surface area contributed by atoms with Crippen LogP contribution < -0.4 is 4.74 Å². The van der Waals surface area contributed by atoms with E-state index >= 15 is 0 Å². The van der Waals surface area contributed by atoms with Crippen LogP contribution in [0.5, 0.6) is 5.75 Å². The van der Waals surface area contributed by atoms with Crippen molar-refractivity contribution in [2.24, 2.45) is 0 Å². The standard InChI is InChI=1S/C28H31NO.C4H6O6/c1-2-8-22(9-3-1)27-17-14-23-10-4-5-11-26(23)28(27)24-12-15-25(16-13-24)30-21-20-29-18-6-7-19-29;5-1(3(7)8)2(6)4(9)10/h1-5,8-13,15-16,27-28H,6-7,14,17-21H2;1-2,5-6H,(H,7,8)(H,9,10)/t27-,28-;1-,2-/m11/s1. The van der Waals surface area contributed by atoms with Gasteiger partial charge in [0, 0.05) is 12.5 Å². The zero-order chi connectivity index (χ0) is 28.5. The Kier molecular flexibility index (Phi) is 10.3. The van der Waals surface area contributed by atoms with Gasteiger partial charge in [0.15, 0.2) is 12.2 Å². The van der Waals surface area contributed by atoms with Gasteiger partial charge in [-0.15, -0.1) is 0 Å². The van der Waals surface area contributed by atoms with E-state index in [1.807, 2.05) is 0 Å². The lowest BCUT2D eigenvalue weighted by Gasteiger charge is -2.34. The fourth-order valence-corrected chi connectivity index (χ4v) is 5.57. The molecule has 1 fully saturated rings. The molecule has 5 rings (SSSR count). The fourth-order valence-electron chi connectivity index (χ4n) is 5.57. The average molecular weight is 548 g/mol. The van der Waals surface area contributed by atoms with Gasteiger partial charge in [-0.05, 0) is 79.1 Å². The monoisotopic (exact) mass is 547 g/mol. The van der Waals surface area contributed by atoms with Crippen LogP contribution in [0, 0.1) is 0 Å². The molecule has 1 heterocycles. The Morgan fingerprint density at radius 1 is 0.800 bits per heavy atom. The van der Waals surface area contributed by atoms with E-state index in [9.17, 15) is 9.59 Å². The number of hydrogen-bond donors (Lipinski definition) is 4. The highest BCUT2D eigenvalue weighted by molar-refractivity contribution is 5.83. The first kappa shape index (κ1) is 29.3. The Hall–Kier alpha value is -3.72. The molecule has 0 bridgehead atoms. The molecule has 212 valence electrons. The highest BCUT2D eigenvalue weighted by Crippen LogP contribution is 2.46. The molecule has 0 radical (unpaired) electrons. The summed E-state index contributed by atoms with van der Waals surface area (Å²) in [5.41, 5.74) is 5.83. The Labute approximate surface area is 234 Å². The van der Waals surface area contributed by atoms with Gasteiger partial charge in [0.25, 0.3) is 0 Å². The van der Waals surface area contributed by atoms with Gasteiger partial charge in [-0.2, -0.15) is 0 Å². The Bertz CT molecular complexity index is 1220. The summed E-state index contributed by atoms with van der Waals surface area (Å²) in [4.78, 5) is 22.0. The van der Waals surface area contributed by atoms with Crippen LogP contribution in [-0.4, -0.2) is 75.7 Å². The number of carboxylic acids is 2. The second-order valence-electron chi connectivity index (χ2n) is 10.3. The minimum absolute atomic E-state index is 0.399. The molecule has 8 heteroatoms. The van der Waals surface area contributed by atoms with E-state index in [1.54, 1.807) is 0 Å². The van der Waals surface area contributed by atoms with Gasteiger partial charge >= 0.3 is 11.9 Å². The third-order valence-electron chi connectivity index (χ3n) is 7.66. The SMILES string of the molecule is O=C(O)[C@H](O)[C@@H](O)C(=O)O.c1ccc([C@H]2CCc3ccccc3[C@H]2c2ccc(OCCN3CCCC3)cc2)cc1. The van der Waals surface area contributed by atoms with E-state index in [-0.39, 0.29) is 0 Å². The molecule has 0 saturated carbocycles. The molecule has 1 saturated heterocycles. The summed E-state index contributed by atoms with van der Waals surface area (Å²) in [7, 11) is 0. The summed E-state index contributed by atoms with van der Waals surface area (Å²) in [5, 5.41) is 32.5. The van der Waals surface area contributed by atoms with Gasteiger partial charge in [0.1, 0.15) is 12.4 Å². The van der Waals surface area contributed by atoms with Gasteiger partial charge in [-0.1, -0.05) is 66.7 Å². The van der Waals surface area contributed by atoms with E-state index in [2.05, 4.69) is 83.8 Å². The number of aliphatic carboxylic acids is 2. The molecule has 8 nitrogen and oxygen atoms in total. The third kappa shape index (κ3) is 7.47. The smallest absolute Gasteiger partial charge is 0.335 e. The van der Waals surface area contributed by atoms with Crippen molar-refractivity contribution < 1.29 is 34.8 Å². The summed E-state index contributed by atoms with van der Waals surface area (Å²) in [6, 6.07) is 28.9. The summed E-state index contributed by atoms with van der Waals surface area (Å²) in [5.74, 6) is -1.64. The average Bonchev–Trinajstić information content (AvgIpc) is 3.50. The van der Waals surface area contributed by atoms with Gasteiger partial charge in [0.2, 0.25) is 0 Å². The molecular formula is C32H37NO7. The maximum Gasteiger partial charge on any atom is 0.335 e. The van der Waals surface area contributed by atoms with Crippen LogP contribution >= 0.6 is 0 Å². The number of aryl methyl sites for hydroxylation is 1. The van der Waals surface area contributed by atoms with Crippen LogP contribution in [-0.2, 0) is 16.0 Å². The second-order valence-corrected chi connectivity index (χ2v) is 10.3. The molecule has 4 N–H and O–H groups in total. The van der Waals surface area contributed by atoms with Crippen LogP contribution in [0.15, 0.2) is 78.9 Å². The molecule has 0 amide bonds. The first-order valence-corrected chi connectivity index (χ1v) is 13.7. The molecule has 0 aromatic heterocycles. The molecular weight excluding hydrogens is 510 g/mol. The molecule has 0 spiro atoms. The normalized spacial score (nSPS) is 19.9. The quantitative estimate of drug-likeness (QED) is 0.318. The predicted octanol–water partition coefficient (Wildman–Crippen LogP) is 3.90. The molecule has 4 atom stereocenters. The van der Waals surface area contributed by atoms with Crippen LogP contribution in [0.1, 0.15) is 53.4 Å². The number of carboxylic acid groups (broad SMARTS) is 2. The highest BCUT2D eigenvalue weighted by Gasteiger charge is 2.32. The number of ether oxygens (including phenoxy) is 1. The number of nitrogens with zero attached hydrogens (tertiary/aromatic N) is 1. The van der Waals surface area contributed by atoms with E-state index in [4.69, 9.17) is 25.2 Å². The van der Waals surface area contributed by atoms with Crippen molar-refractivity contribution in [1.82, 2.24) is 4.90 Å². The van der Waals surface area contributed by atoms with Crippen LogP contribution in [0.4, 0.5) is 0 Å². The number of rotatable bonds is 9. The highest BCUT2D eigenvalue weighted by atomic mass is 16.5. The number of aliphatic hydroxyl groups is 2. The van der Waals surface area contributed by atoms with Crippen molar-refractivity contribution >= 4 is 11.9 Å². The van der Waals surface area contributed by atoms with Crippen LogP contribution in [0.3, 0.4) is 0 Å². The number of fused-ring (bicyclic) bond motifs is 1. The van der Waals surface area contributed by atoms with Gasteiger partial charge in [-0.25, -0.2) is 9.59 Å². The lowest BCUT2D eigenvalue weighted by molar-refractivity contribution is -0.165. The van der Waals surface area contributed by atoms with Gasteiger partial charge in [-0.3, -0.25) is 4.90 Å².